The molecule has 0 aliphatic heterocycles. The van der Waals surface area contributed by atoms with Crippen LogP contribution in [0.25, 0.3) is 11.3 Å². The van der Waals surface area contributed by atoms with Gasteiger partial charge < -0.3 is 5.32 Å². The van der Waals surface area contributed by atoms with Gasteiger partial charge in [-0.3, -0.25) is 5.10 Å². The topological polar surface area (TPSA) is 40.7 Å². The molecule has 0 amide bonds. The number of benzene rings is 1. The van der Waals surface area contributed by atoms with E-state index in [2.05, 4.69) is 22.4 Å². The second-order valence-electron chi connectivity index (χ2n) is 3.70. The smallest absolute Gasteiger partial charge is 0.148 e. The Hall–Kier alpha value is -1.19. The average molecular weight is 270 g/mol. The van der Waals surface area contributed by atoms with Crippen molar-refractivity contribution in [1.29, 1.82) is 0 Å². The molecule has 0 aliphatic rings. The summed E-state index contributed by atoms with van der Waals surface area (Å²) in [5.74, 6) is 0.817. The molecule has 3 nitrogen and oxygen atoms in total. The quantitative estimate of drug-likeness (QED) is 0.873. The zero-order valence-corrected chi connectivity index (χ0v) is 10.9. The van der Waals surface area contributed by atoms with E-state index >= 15 is 0 Å². The molecule has 2 N–H and O–H groups in total. The summed E-state index contributed by atoms with van der Waals surface area (Å²) < 4.78 is 0. The summed E-state index contributed by atoms with van der Waals surface area (Å²) in [6, 6.07) is 7.46. The Morgan fingerprint density at radius 2 is 2.18 bits per heavy atom. The van der Waals surface area contributed by atoms with Crippen LogP contribution in [0.3, 0.4) is 0 Å². The summed E-state index contributed by atoms with van der Waals surface area (Å²) in [5.41, 5.74) is 1.72. The van der Waals surface area contributed by atoms with Gasteiger partial charge in [0.1, 0.15) is 5.82 Å². The minimum atomic E-state index is 0.542. The highest BCUT2D eigenvalue weighted by Crippen LogP contribution is 2.33. The minimum Gasteiger partial charge on any atom is -0.369 e. The number of H-pyrrole nitrogens is 1. The average Bonchev–Trinajstić information content (AvgIpc) is 2.78. The van der Waals surface area contributed by atoms with Crippen LogP contribution in [0.15, 0.2) is 24.3 Å². The van der Waals surface area contributed by atoms with Gasteiger partial charge in [0, 0.05) is 18.2 Å². The van der Waals surface area contributed by atoms with E-state index < -0.39 is 0 Å². The number of anilines is 1. The van der Waals surface area contributed by atoms with Crippen LogP contribution >= 0.6 is 23.2 Å². The Morgan fingerprint density at radius 1 is 1.35 bits per heavy atom. The van der Waals surface area contributed by atoms with Gasteiger partial charge in [0.2, 0.25) is 0 Å². The van der Waals surface area contributed by atoms with Gasteiger partial charge in [-0.1, -0.05) is 42.3 Å². The molecule has 0 saturated heterocycles. The van der Waals surface area contributed by atoms with E-state index in [1.165, 1.54) is 0 Å². The molecule has 2 aromatic rings. The lowest BCUT2D eigenvalue weighted by Crippen LogP contribution is -1.99. The Balaban J connectivity index is 2.27. The molecule has 2 rings (SSSR count). The molecule has 1 heterocycles. The van der Waals surface area contributed by atoms with Crippen molar-refractivity contribution < 1.29 is 0 Å². The molecular formula is C12H13Cl2N3. The van der Waals surface area contributed by atoms with E-state index in [1.54, 1.807) is 6.07 Å². The number of nitrogens with one attached hydrogen (secondary N) is 2. The first-order valence-electron chi connectivity index (χ1n) is 5.46. The second kappa shape index (κ2) is 5.43. The number of hydrogen-bond acceptors (Lipinski definition) is 2. The molecule has 90 valence electrons. The van der Waals surface area contributed by atoms with Crippen molar-refractivity contribution in [3.8, 4) is 11.3 Å². The van der Waals surface area contributed by atoms with E-state index in [9.17, 15) is 0 Å². The van der Waals surface area contributed by atoms with E-state index in [4.69, 9.17) is 23.2 Å². The van der Waals surface area contributed by atoms with Crippen LogP contribution in [-0.2, 0) is 0 Å². The summed E-state index contributed by atoms with van der Waals surface area (Å²) in [4.78, 5) is 0. The van der Waals surface area contributed by atoms with Gasteiger partial charge in [0.15, 0.2) is 0 Å². The maximum atomic E-state index is 6.14. The lowest BCUT2D eigenvalue weighted by atomic mass is 10.1. The zero-order valence-electron chi connectivity index (χ0n) is 9.43. The Labute approximate surface area is 110 Å². The lowest BCUT2D eigenvalue weighted by molar-refractivity contribution is 0.961. The molecular weight excluding hydrogens is 257 g/mol. The summed E-state index contributed by atoms with van der Waals surface area (Å²) in [6.07, 6.45) is 1.06. The number of nitrogens with zero attached hydrogens (tertiary/aromatic N) is 1. The van der Waals surface area contributed by atoms with E-state index in [0.29, 0.717) is 10.0 Å². The number of rotatable bonds is 4. The van der Waals surface area contributed by atoms with E-state index in [0.717, 1.165) is 30.0 Å². The molecule has 0 radical (unpaired) electrons. The third kappa shape index (κ3) is 2.73. The van der Waals surface area contributed by atoms with Gasteiger partial charge in [-0.05, 0) is 12.5 Å². The Bertz CT molecular complexity index is 508. The maximum absolute atomic E-state index is 6.14. The van der Waals surface area contributed by atoms with Crippen molar-refractivity contribution in [2.75, 3.05) is 11.9 Å². The van der Waals surface area contributed by atoms with Gasteiger partial charge in [0.05, 0.1) is 15.7 Å². The van der Waals surface area contributed by atoms with Crippen LogP contribution < -0.4 is 5.32 Å². The highest BCUT2D eigenvalue weighted by atomic mass is 35.5. The largest absolute Gasteiger partial charge is 0.369 e. The van der Waals surface area contributed by atoms with E-state index in [1.807, 2.05) is 18.2 Å². The van der Waals surface area contributed by atoms with Gasteiger partial charge in [0.25, 0.3) is 0 Å². The zero-order chi connectivity index (χ0) is 12.3. The fourth-order valence-electron chi connectivity index (χ4n) is 1.52. The molecule has 0 saturated carbocycles. The molecule has 0 atom stereocenters. The fraction of sp³-hybridized carbons (Fsp3) is 0.250. The van der Waals surface area contributed by atoms with Crippen LogP contribution in [0.5, 0.6) is 0 Å². The Morgan fingerprint density at radius 3 is 2.94 bits per heavy atom. The van der Waals surface area contributed by atoms with E-state index in [-0.39, 0.29) is 0 Å². The summed E-state index contributed by atoms with van der Waals surface area (Å²) in [6.45, 7) is 3.00. The highest BCUT2D eigenvalue weighted by Gasteiger charge is 2.09. The first-order chi connectivity index (χ1) is 8.22. The molecule has 1 aromatic heterocycles. The van der Waals surface area contributed by atoms with Crippen molar-refractivity contribution in [3.63, 3.8) is 0 Å². The highest BCUT2D eigenvalue weighted by molar-refractivity contribution is 6.43. The monoisotopic (exact) mass is 269 g/mol. The van der Waals surface area contributed by atoms with Gasteiger partial charge >= 0.3 is 0 Å². The van der Waals surface area contributed by atoms with Crippen LogP contribution in [0.2, 0.25) is 10.0 Å². The van der Waals surface area contributed by atoms with Gasteiger partial charge in [-0.15, -0.1) is 0 Å². The molecule has 1 aromatic carbocycles. The molecule has 5 heteroatoms. The standard InChI is InChI=1S/C12H13Cl2N3/c1-2-6-15-11-7-10(16-17-11)8-4-3-5-9(13)12(8)14/h3-5,7H,2,6H2,1H3,(H2,15,16,17). The van der Waals surface area contributed by atoms with Crippen LogP contribution in [0, 0.1) is 0 Å². The summed E-state index contributed by atoms with van der Waals surface area (Å²) in [5, 5.41) is 11.4. The predicted octanol–water partition coefficient (Wildman–Crippen LogP) is 4.21. The van der Waals surface area contributed by atoms with Gasteiger partial charge in [-0.25, -0.2) is 0 Å². The normalized spacial score (nSPS) is 10.5. The minimum absolute atomic E-state index is 0.542. The number of hydrogen-bond donors (Lipinski definition) is 2. The summed E-state index contributed by atoms with van der Waals surface area (Å²) >= 11 is 12.1. The molecule has 0 spiro atoms. The van der Waals surface area contributed by atoms with Crippen molar-refractivity contribution in [3.05, 3.63) is 34.3 Å². The SMILES string of the molecule is CCCNc1cc(-c2cccc(Cl)c2Cl)[nH]n1. The van der Waals surface area contributed by atoms with Crippen LogP contribution in [-0.4, -0.2) is 16.7 Å². The lowest BCUT2D eigenvalue weighted by Gasteiger charge is -2.02. The molecule has 0 aliphatic carbocycles. The first kappa shape index (κ1) is 12.3. The van der Waals surface area contributed by atoms with Crippen molar-refractivity contribution in [2.45, 2.75) is 13.3 Å². The van der Waals surface area contributed by atoms with Crippen molar-refractivity contribution in [1.82, 2.24) is 10.2 Å². The van der Waals surface area contributed by atoms with Gasteiger partial charge in [-0.2, -0.15) is 5.10 Å². The number of aromatic amines is 1. The summed E-state index contributed by atoms with van der Waals surface area (Å²) in [7, 11) is 0. The number of aromatic nitrogens is 2. The molecule has 17 heavy (non-hydrogen) atoms. The van der Waals surface area contributed by atoms with Crippen LogP contribution in [0.1, 0.15) is 13.3 Å². The van der Waals surface area contributed by atoms with Crippen LogP contribution in [0.4, 0.5) is 5.82 Å². The molecule has 0 fully saturated rings. The third-order valence-electron chi connectivity index (χ3n) is 2.38. The number of halogens is 2. The predicted molar refractivity (Wildman–Crippen MR) is 72.8 cm³/mol. The third-order valence-corrected chi connectivity index (χ3v) is 3.19. The van der Waals surface area contributed by atoms with Crippen molar-refractivity contribution in [2.24, 2.45) is 0 Å². The first-order valence-corrected chi connectivity index (χ1v) is 6.21. The molecule has 0 bridgehead atoms. The van der Waals surface area contributed by atoms with Crippen molar-refractivity contribution >= 4 is 29.0 Å². The fourth-order valence-corrected chi connectivity index (χ4v) is 1.92. The Kier molecular flexibility index (Phi) is 3.92. The maximum Gasteiger partial charge on any atom is 0.148 e. The second-order valence-corrected chi connectivity index (χ2v) is 4.48. The molecule has 0 unspecified atom stereocenters.